The van der Waals surface area contributed by atoms with Crippen LogP contribution in [0.4, 0.5) is 5.69 Å². The first-order chi connectivity index (χ1) is 10.5. The smallest absolute Gasteiger partial charge is 0.244 e. The Hall–Kier alpha value is -1.01. The van der Waals surface area contributed by atoms with E-state index in [2.05, 4.69) is 10.6 Å². The van der Waals surface area contributed by atoms with Crippen LogP contribution in [0.25, 0.3) is 0 Å². The Morgan fingerprint density at radius 1 is 1.35 bits per heavy atom. The molecule has 5 nitrogen and oxygen atoms in total. The minimum absolute atomic E-state index is 0. The van der Waals surface area contributed by atoms with Gasteiger partial charge in [-0.05, 0) is 32.0 Å². The van der Waals surface area contributed by atoms with Gasteiger partial charge in [-0.1, -0.05) is 29.3 Å². The van der Waals surface area contributed by atoms with Gasteiger partial charge in [0.2, 0.25) is 11.8 Å². The van der Waals surface area contributed by atoms with Crippen molar-refractivity contribution in [1.82, 2.24) is 10.2 Å². The molecule has 1 aromatic carbocycles. The van der Waals surface area contributed by atoms with Gasteiger partial charge >= 0.3 is 0 Å². The van der Waals surface area contributed by atoms with Gasteiger partial charge in [-0.2, -0.15) is 0 Å². The van der Waals surface area contributed by atoms with Crippen LogP contribution in [-0.2, 0) is 9.59 Å². The minimum atomic E-state index is -0.309. The summed E-state index contributed by atoms with van der Waals surface area (Å²) in [6.45, 7) is 3.85. The Bertz CT molecular complexity index is 543. The maximum absolute atomic E-state index is 12.4. The lowest BCUT2D eigenvalue weighted by Gasteiger charge is -2.23. The van der Waals surface area contributed by atoms with Crippen LogP contribution in [0.2, 0.25) is 10.0 Å². The first-order valence-electron chi connectivity index (χ1n) is 7.26. The summed E-state index contributed by atoms with van der Waals surface area (Å²) in [5, 5.41) is 6.57. The van der Waals surface area contributed by atoms with Gasteiger partial charge in [0, 0.05) is 13.1 Å². The number of para-hydroxylation sites is 1. The van der Waals surface area contributed by atoms with Crippen LogP contribution in [0.5, 0.6) is 0 Å². The summed E-state index contributed by atoms with van der Waals surface area (Å²) in [7, 11) is 0. The number of halogens is 3. The summed E-state index contributed by atoms with van der Waals surface area (Å²) in [4.78, 5) is 26.1. The predicted molar refractivity (Wildman–Crippen MR) is 95.6 cm³/mol. The number of nitrogens with zero attached hydrogens (tertiary/aromatic N) is 1. The predicted octanol–water partition coefficient (Wildman–Crippen LogP) is 2.81. The summed E-state index contributed by atoms with van der Waals surface area (Å²) in [6.07, 6.45) is 0.813. The number of carbonyl (C=O) groups excluding carboxylic acids is 2. The van der Waals surface area contributed by atoms with E-state index >= 15 is 0 Å². The summed E-state index contributed by atoms with van der Waals surface area (Å²) in [6, 6.07) is 5.00. The van der Waals surface area contributed by atoms with Crippen LogP contribution >= 0.6 is 35.6 Å². The second-order valence-corrected chi connectivity index (χ2v) is 6.00. The fourth-order valence-corrected chi connectivity index (χ4v) is 2.93. The average Bonchev–Trinajstić information content (AvgIpc) is 3.02. The number of benzene rings is 1. The maximum atomic E-state index is 12.4. The fraction of sp³-hybridized carbons (Fsp3) is 0.467. The standard InChI is InChI=1S/C15H19Cl2N3O2.ClH/c1-2-20(15(22)10-6-7-18-8-10)9-13(21)19-14-11(16)4-3-5-12(14)17;/h3-5,10,18H,2,6-9H2,1H3,(H,19,21);1H. The van der Waals surface area contributed by atoms with Crippen LogP contribution in [0.1, 0.15) is 13.3 Å². The molecule has 1 unspecified atom stereocenters. The molecule has 23 heavy (non-hydrogen) atoms. The normalized spacial score (nSPS) is 16.6. The summed E-state index contributed by atoms with van der Waals surface area (Å²) in [5.74, 6) is -0.347. The molecule has 2 N–H and O–H groups in total. The SMILES string of the molecule is CCN(CC(=O)Nc1c(Cl)cccc1Cl)C(=O)C1CCNC1.Cl. The van der Waals surface area contributed by atoms with Crippen molar-refractivity contribution in [3.8, 4) is 0 Å². The Kier molecular flexibility index (Phi) is 8.12. The number of hydrogen-bond donors (Lipinski definition) is 2. The minimum Gasteiger partial charge on any atom is -0.333 e. The second-order valence-electron chi connectivity index (χ2n) is 5.19. The first kappa shape index (κ1) is 20.0. The van der Waals surface area contributed by atoms with Gasteiger partial charge in [0.25, 0.3) is 0 Å². The lowest BCUT2D eigenvalue weighted by atomic mass is 10.1. The number of amides is 2. The fourth-order valence-electron chi connectivity index (χ4n) is 2.44. The molecule has 1 saturated heterocycles. The molecule has 8 heteroatoms. The van der Waals surface area contributed by atoms with Gasteiger partial charge in [0.1, 0.15) is 0 Å². The molecular weight excluding hydrogens is 361 g/mol. The zero-order valence-electron chi connectivity index (χ0n) is 12.8. The Morgan fingerprint density at radius 2 is 2.00 bits per heavy atom. The highest BCUT2D eigenvalue weighted by atomic mass is 35.5. The zero-order chi connectivity index (χ0) is 16.1. The molecule has 0 aromatic heterocycles. The van der Waals surface area contributed by atoms with Gasteiger partial charge < -0.3 is 15.5 Å². The Labute approximate surface area is 152 Å². The van der Waals surface area contributed by atoms with Crippen LogP contribution < -0.4 is 10.6 Å². The summed E-state index contributed by atoms with van der Waals surface area (Å²) >= 11 is 12.0. The molecule has 1 fully saturated rings. The van der Waals surface area contributed by atoms with E-state index in [-0.39, 0.29) is 36.7 Å². The van der Waals surface area contributed by atoms with Crippen molar-refractivity contribution in [3.05, 3.63) is 28.2 Å². The molecule has 0 radical (unpaired) electrons. The van der Waals surface area contributed by atoms with Gasteiger partial charge in [-0.15, -0.1) is 12.4 Å². The first-order valence-corrected chi connectivity index (χ1v) is 8.02. The van der Waals surface area contributed by atoms with E-state index in [4.69, 9.17) is 23.2 Å². The number of hydrogen-bond acceptors (Lipinski definition) is 3. The molecule has 128 valence electrons. The van der Waals surface area contributed by atoms with Crippen molar-refractivity contribution in [3.63, 3.8) is 0 Å². The van der Waals surface area contributed by atoms with Crippen molar-refractivity contribution >= 4 is 53.1 Å². The number of anilines is 1. The third-order valence-corrected chi connectivity index (χ3v) is 4.29. The third kappa shape index (κ3) is 5.24. The van der Waals surface area contributed by atoms with Crippen LogP contribution in [-0.4, -0.2) is 42.9 Å². The van der Waals surface area contributed by atoms with Gasteiger partial charge in [0.15, 0.2) is 0 Å². The van der Waals surface area contributed by atoms with Gasteiger partial charge in [0.05, 0.1) is 28.2 Å². The van der Waals surface area contributed by atoms with E-state index in [1.165, 1.54) is 0 Å². The molecule has 1 aliphatic rings. The van der Waals surface area contributed by atoms with Crippen molar-refractivity contribution in [2.75, 3.05) is 31.5 Å². The van der Waals surface area contributed by atoms with Crippen molar-refractivity contribution in [1.29, 1.82) is 0 Å². The van der Waals surface area contributed by atoms with E-state index in [1.807, 2.05) is 6.92 Å². The third-order valence-electron chi connectivity index (χ3n) is 3.66. The van der Waals surface area contributed by atoms with Crippen molar-refractivity contribution in [2.24, 2.45) is 5.92 Å². The number of carbonyl (C=O) groups is 2. The van der Waals surface area contributed by atoms with Crippen molar-refractivity contribution in [2.45, 2.75) is 13.3 Å². The largest absolute Gasteiger partial charge is 0.333 e. The average molecular weight is 381 g/mol. The molecule has 0 saturated carbocycles. The van der Waals surface area contributed by atoms with E-state index in [0.717, 1.165) is 13.0 Å². The monoisotopic (exact) mass is 379 g/mol. The van der Waals surface area contributed by atoms with Gasteiger partial charge in [-0.25, -0.2) is 0 Å². The number of likely N-dealkylation sites (N-methyl/N-ethyl adjacent to an activating group) is 1. The lowest BCUT2D eigenvalue weighted by Crippen LogP contribution is -2.41. The molecule has 1 aliphatic heterocycles. The van der Waals surface area contributed by atoms with Crippen LogP contribution in [0.15, 0.2) is 18.2 Å². The van der Waals surface area contributed by atoms with E-state index in [9.17, 15) is 9.59 Å². The Morgan fingerprint density at radius 3 is 2.52 bits per heavy atom. The summed E-state index contributed by atoms with van der Waals surface area (Å²) in [5.41, 5.74) is 0.377. The number of nitrogens with one attached hydrogen (secondary N) is 2. The maximum Gasteiger partial charge on any atom is 0.244 e. The lowest BCUT2D eigenvalue weighted by molar-refractivity contribution is -0.137. The molecule has 1 aromatic rings. The van der Waals surface area contributed by atoms with E-state index in [0.29, 0.717) is 28.8 Å². The molecule has 1 atom stereocenters. The highest BCUT2D eigenvalue weighted by Gasteiger charge is 2.27. The topological polar surface area (TPSA) is 61.4 Å². The summed E-state index contributed by atoms with van der Waals surface area (Å²) < 4.78 is 0. The molecule has 1 heterocycles. The van der Waals surface area contributed by atoms with Crippen LogP contribution in [0.3, 0.4) is 0 Å². The second kappa shape index (κ2) is 9.33. The molecular formula is C15H20Cl3N3O2. The highest BCUT2D eigenvalue weighted by molar-refractivity contribution is 6.39. The quantitative estimate of drug-likeness (QED) is 0.826. The highest BCUT2D eigenvalue weighted by Crippen LogP contribution is 2.29. The molecule has 0 bridgehead atoms. The molecule has 0 spiro atoms. The number of rotatable bonds is 5. The van der Waals surface area contributed by atoms with Crippen molar-refractivity contribution < 1.29 is 9.59 Å². The molecule has 2 amide bonds. The Balaban J connectivity index is 0.00000264. The zero-order valence-corrected chi connectivity index (χ0v) is 15.1. The molecule has 2 rings (SSSR count). The van der Waals surface area contributed by atoms with Crippen LogP contribution in [0, 0.1) is 5.92 Å². The van der Waals surface area contributed by atoms with Gasteiger partial charge in [-0.3, -0.25) is 9.59 Å². The van der Waals surface area contributed by atoms with E-state index in [1.54, 1.807) is 23.1 Å². The molecule has 0 aliphatic carbocycles. The van der Waals surface area contributed by atoms with E-state index < -0.39 is 0 Å².